The molecule has 0 aromatic rings. The van der Waals surface area contributed by atoms with Crippen LogP contribution in [0, 0.1) is 0 Å². The Balaban J connectivity index is 2.28. The standard InChI is InChI=1S/C8H12F2O3/c9-8(10,7(11)12)5-13-6-3-1-2-4-6/h6H,1-5H2,(H,11,12). The minimum absolute atomic E-state index is 0.176. The molecule has 0 radical (unpaired) electrons. The van der Waals surface area contributed by atoms with Crippen LogP contribution in [0.25, 0.3) is 0 Å². The zero-order valence-corrected chi connectivity index (χ0v) is 7.13. The quantitative estimate of drug-likeness (QED) is 0.740. The van der Waals surface area contributed by atoms with Crippen molar-refractivity contribution < 1.29 is 23.4 Å². The maximum absolute atomic E-state index is 12.5. The van der Waals surface area contributed by atoms with E-state index in [-0.39, 0.29) is 6.10 Å². The van der Waals surface area contributed by atoms with Gasteiger partial charge in [-0.2, -0.15) is 8.78 Å². The monoisotopic (exact) mass is 194 g/mol. The summed E-state index contributed by atoms with van der Waals surface area (Å²) in [6.45, 7) is -1.01. The van der Waals surface area contributed by atoms with Crippen LogP contribution >= 0.6 is 0 Å². The number of hydrogen-bond donors (Lipinski definition) is 1. The number of hydrogen-bond acceptors (Lipinski definition) is 2. The number of ether oxygens (including phenoxy) is 1. The minimum Gasteiger partial charge on any atom is -0.477 e. The van der Waals surface area contributed by atoms with E-state index in [9.17, 15) is 13.6 Å². The first-order valence-electron chi connectivity index (χ1n) is 4.25. The van der Waals surface area contributed by atoms with Crippen LogP contribution in [0.1, 0.15) is 25.7 Å². The lowest BCUT2D eigenvalue weighted by atomic mass is 10.3. The Morgan fingerprint density at radius 2 is 2.00 bits per heavy atom. The lowest BCUT2D eigenvalue weighted by Crippen LogP contribution is -2.35. The zero-order valence-electron chi connectivity index (χ0n) is 7.13. The molecule has 0 atom stereocenters. The molecule has 0 aromatic carbocycles. The summed E-state index contributed by atoms with van der Waals surface area (Å²) in [5.74, 6) is -5.87. The van der Waals surface area contributed by atoms with Gasteiger partial charge in [-0.25, -0.2) is 4.79 Å². The summed E-state index contributed by atoms with van der Waals surface area (Å²) in [4.78, 5) is 10.00. The summed E-state index contributed by atoms with van der Waals surface area (Å²) in [5, 5.41) is 8.09. The molecule has 0 saturated heterocycles. The van der Waals surface area contributed by atoms with Crippen molar-refractivity contribution in [2.75, 3.05) is 6.61 Å². The highest BCUT2D eigenvalue weighted by atomic mass is 19.3. The van der Waals surface area contributed by atoms with Crippen LogP contribution in [0.2, 0.25) is 0 Å². The predicted octanol–water partition coefficient (Wildman–Crippen LogP) is 1.67. The van der Waals surface area contributed by atoms with Gasteiger partial charge >= 0.3 is 11.9 Å². The van der Waals surface area contributed by atoms with Gasteiger partial charge in [0.15, 0.2) is 0 Å². The van der Waals surface area contributed by atoms with Gasteiger partial charge in [0.1, 0.15) is 6.61 Å². The highest BCUT2D eigenvalue weighted by molar-refractivity contribution is 5.75. The van der Waals surface area contributed by atoms with Crippen molar-refractivity contribution in [2.24, 2.45) is 0 Å². The zero-order chi connectivity index (χ0) is 9.90. The van der Waals surface area contributed by atoms with Gasteiger partial charge < -0.3 is 9.84 Å². The summed E-state index contributed by atoms with van der Waals surface area (Å²) in [6, 6.07) is 0. The molecule has 1 fully saturated rings. The lowest BCUT2D eigenvalue weighted by Gasteiger charge is -2.15. The first-order chi connectivity index (χ1) is 6.02. The van der Waals surface area contributed by atoms with E-state index in [1.54, 1.807) is 0 Å². The van der Waals surface area contributed by atoms with Crippen LogP contribution < -0.4 is 0 Å². The molecule has 0 unspecified atom stereocenters. The van der Waals surface area contributed by atoms with E-state index in [0.717, 1.165) is 25.7 Å². The van der Waals surface area contributed by atoms with Gasteiger partial charge in [-0.3, -0.25) is 0 Å². The van der Waals surface area contributed by atoms with Gasteiger partial charge in [0.05, 0.1) is 6.10 Å². The molecule has 0 amide bonds. The smallest absolute Gasteiger partial charge is 0.377 e. The minimum atomic E-state index is -3.75. The number of carboxylic acids is 1. The molecular formula is C8H12F2O3. The Kier molecular flexibility index (Phi) is 3.19. The largest absolute Gasteiger partial charge is 0.477 e. The number of alkyl halides is 2. The van der Waals surface area contributed by atoms with E-state index < -0.39 is 18.5 Å². The summed E-state index contributed by atoms with van der Waals surface area (Å²) in [5.41, 5.74) is 0. The van der Waals surface area contributed by atoms with Crippen LogP contribution in [0.4, 0.5) is 8.78 Å². The van der Waals surface area contributed by atoms with Crippen molar-refractivity contribution in [1.82, 2.24) is 0 Å². The van der Waals surface area contributed by atoms with Gasteiger partial charge in [-0.1, -0.05) is 12.8 Å². The summed E-state index contributed by atoms with van der Waals surface area (Å²) < 4.78 is 29.7. The van der Waals surface area contributed by atoms with Crippen molar-refractivity contribution in [3.8, 4) is 0 Å². The fourth-order valence-corrected chi connectivity index (χ4v) is 1.34. The van der Waals surface area contributed by atoms with Crippen LogP contribution in [-0.2, 0) is 9.53 Å². The molecule has 1 aliphatic rings. The van der Waals surface area contributed by atoms with E-state index in [2.05, 4.69) is 0 Å². The number of aliphatic carboxylic acids is 1. The number of halogens is 2. The molecule has 0 aliphatic heterocycles. The molecule has 3 nitrogen and oxygen atoms in total. The van der Waals surface area contributed by atoms with Crippen molar-refractivity contribution in [2.45, 2.75) is 37.7 Å². The summed E-state index contributed by atoms with van der Waals surface area (Å²) >= 11 is 0. The number of carboxylic acid groups (broad SMARTS) is 1. The lowest BCUT2D eigenvalue weighted by molar-refractivity contribution is -0.176. The fourth-order valence-electron chi connectivity index (χ4n) is 1.34. The van der Waals surface area contributed by atoms with Crippen LogP contribution in [0.5, 0.6) is 0 Å². The summed E-state index contributed by atoms with van der Waals surface area (Å²) in [7, 11) is 0. The van der Waals surface area contributed by atoms with E-state index in [0.29, 0.717) is 0 Å². The second-order valence-electron chi connectivity index (χ2n) is 3.23. The molecule has 0 heterocycles. The second-order valence-corrected chi connectivity index (χ2v) is 3.23. The van der Waals surface area contributed by atoms with Crippen LogP contribution in [0.15, 0.2) is 0 Å². The van der Waals surface area contributed by atoms with Crippen molar-refractivity contribution in [3.63, 3.8) is 0 Å². The van der Waals surface area contributed by atoms with Crippen molar-refractivity contribution in [3.05, 3.63) is 0 Å². The number of carbonyl (C=O) groups is 1. The van der Waals surface area contributed by atoms with Crippen LogP contribution in [0.3, 0.4) is 0 Å². The van der Waals surface area contributed by atoms with E-state index in [4.69, 9.17) is 9.84 Å². The third kappa shape index (κ3) is 2.91. The first-order valence-corrected chi connectivity index (χ1v) is 4.25. The van der Waals surface area contributed by atoms with Gasteiger partial charge in [-0.05, 0) is 12.8 Å². The van der Waals surface area contributed by atoms with E-state index in [1.165, 1.54) is 0 Å². The van der Waals surface area contributed by atoms with E-state index in [1.807, 2.05) is 0 Å². The Morgan fingerprint density at radius 3 is 2.46 bits per heavy atom. The van der Waals surface area contributed by atoms with Crippen molar-refractivity contribution >= 4 is 5.97 Å². The molecular weight excluding hydrogens is 182 g/mol. The van der Waals surface area contributed by atoms with Crippen molar-refractivity contribution in [1.29, 1.82) is 0 Å². The third-order valence-electron chi connectivity index (χ3n) is 2.12. The molecule has 13 heavy (non-hydrogen) atoms. The molecule has 1 N–H and O–H groups in total. The molecule has 1 saturated carbocycles. The Bertz CT molecular complexity index is 188. The fraction of sp³-hybridized carbons (Fsp3) is 0.875. The Morgan fingerprint density at radius 1 is 1.46 bits per heavy atom. The average Bonchev–Trinajstić information content (AvgIpc) is 2.52. The normalized spacial score (nSPS) is 19.2. The molecule has 5 heteroatoms. The van der Waals surface area contributed by atoms with E-state index >= 15 is 0 Å². The average molecular weight is 194 g/mol. The highest BCUT2D eigenvalue weighted by Crippen LogP contribution is 2.23. The van der Waals surface area contributed by atoms with Crippen LogP contribution in [-0.4, -0.2) is 29.7 Å². The maximum Gasteiger partial charge on any atom is 0.377 e. The Labute approximate surface area is 74.7 Å². The van der Waals surface area contributed by atoms with Gasteiger partial charge in [-0.15, -0.1) is 0 Å². The molecule has 0 bridgehead atoms. The molecule has 76 valence electrons. The van der Waals surface area contributed by atoms with Gasteiger partial charge in [0.2, 0.25) is 0 Å². The third-order valence-corrected chi connectivity index (χ3v) is 2.12. The molecule has 1 aliphatic carbocycles. The Hall–Kier alpha value is -0.710. The molecule has 0 spiro atoms. The topological polar surface area (TPSA) is 46.5 Å². The number of rotatable bonds is 4. The summed E-state index contributed by atoms with van der Waals surface area (Å²) in [6.07, 6.45) is 3.29. The molecule has 0 aromatic heterocycles. The molecule has 1 rings (SSSR count). The van der Waals surface area contributed by atoms with Gasteiger partial charge in [0, 0.05) is 0 Å². The maximum atomic E-state index is 12.5. The first kappa shape index (κ1) is 10.4. The predicted molar refractivity (Wildman–Crippen MR) is 40.8 cm³/mol. The highest BCUT2D eigenvalue weighted by Gasteiger charge is 2.40. The van der Waals surface area contributed by atoms with Gasteiger partial charge in [0.25, 0.3) is 0 Å². The SMILES string of the molecule is O=C(O)C(F)(F)COC1CCCC1. The second kappa shape index (κ2) is 4.00.